The molecular formula is C17H11N5O2S. The zero-order valence-corrected chi connectivity index (χ0v) is 14.2. The number of fused-ring (bicyclic) bond motifs is 4. The lowest BCUT2D eigenvalue weighted by Crippen LogP contribution is -2.24. The number of amides is 2. The van der Waals surface area contributed by atoms with Crippen LogP contribution in [0.1, 0.15) is 26.4 Å². The highest BCUT2D eigenvalue weighted by molar-refractivity contribution is 7.20. The molecule has 0 aliphatic carbocycles. The van der Waals surface area contributed by atoms with Gasteiger partial charge in [0.1, 0.15) is 0 Å². The normalized spacial score (nSPS) is 14.1. The van der Waals surface area contributed by atoms with Crippen molar-refractivity contribution in [1.82, 2.24) is 24.6 Å². The third kappa shape index (κ3) is 1.77. The Bertz CT molecular complexity index is 1190. The van der Waals surface area contributed by atoms with Crippen molar-refractivity contribution in [2.45, 2.75) is 6.92 Å². The summed E-state index contributed by atoms with van der Waals surface area (Å²) in [7, 11) is 1.48. The predicted octanol–water partition coefficient (Wildman–Crippen LogP) is 2.56. The van der Waals surface area contributed by atoms with Gasteiger partial charge in [-0.2, -0.15) is 9.78 Å². The van der Waals surface area contributed by atoms with Crippen LogP contribution < -0.4 is 0 Å². The van der Waals surface area contributed by atoms with Crippen LogP contribution in [0.25, 0.3) is 26.4 Å². The van der Waals surface area contributed by atoms with Crippen LogP contribution in [0.15, 0.2) is 30.5 Å². The first-order valence-corrected chi connectivity index (χ1v) is 8.44. The van der Waals surface area contributed by atoms with E-state index in [4.69, 9.17) is 0 Å². The number of pyridine rings is 1. The van der Waals surface area contributed by atoms with Gasteiger partial charge in [-0.3, -0.25) is 14.5 Å². The van der Waals surface area contributed by atoms with Gasteiger partial charge in [-0.1, -0.05) is 23.5 Å². The van der Waals surface area contributed by atoms with Crippen LogP contribution in [0.5, 0.6) is 0 Å². The number of benzene rings is 1. The highest BCUT2D eigenvalue weighted by Crippen LogP contribution is 2.33. The largest absolute Gasteiger partial charge is 0.277 e. The molecule has 1 aliphatic heterocycles. The number of nitrogens with zero attached hydrogens (tertiary/aromatic N) is 5. The number of carbonyl (C=O) groups is 2. The molecule has 0 atom stereocenters. The second kappa shape index (κ2) is 4.70. The van der Waals surface area contributed by atoms with Gasteiger partial charge < -0.3 is 0 Å². The zero-order chi connectivity index (χ0) is 17.3. The Morgan fingerprint density at radius 2 is 1.92 bits per heavy atom. The smallest absolute Gasteiger partial charge is 0.262 e. The van der Waals surface area contributed by atoms with Gasteiger partial charge >= 0.3 is 0 Å². The highest BCUT2D eigenvalue weighted by Gasteiger charge is 2.36. The minimum absolute atomic E-state index is 0.320. The molecule has 8 heteroatoms. The van der Waals surface area contributed by atoms with Crippen LogP contribution in [0.2, 0.25) is 0 Å². The fraction of sp³-hybridized carbons (Fsp3) is 0.118. The molecule has 0 fully saturated rings. The van der Waals surface area contributed by atoms with E-state index >= 15 is 0 Å². The number of thiazole rings is 1. The van der Waals surface area contributed by atoms with Crippen LogP contribution in [-0.2, 0) is 0 Å². The molecule has 4 heterocycles. The minimum Gasteiger partial charge on any atom is -0.277 e. The van der Waals surface area contributed by atoms with E-state index < -0.39 is 0 Å². The van der Waals surface area contributed by atoms with Gasteiger partial charge in [0.2, 0.25) is 5.13 Å². The lowest BCUT2D eigenvalue weighted by molar-refractivity contribution is 0.0693. The monoisotopic (exact) mass is 349 g/mol. The Labute approximate surface area is 145 Å². The van der Waals surface area contributed by atoms with Crippen molar-refractivity contribution >= 4 is 44.4 Å². The average molecular weight is 349 g/mol. The van der Waals surface area contributed by atoms with Crippen LogP contribution in [0.4, 0.5) is 0 Å². The standard InChI is InChI=1S/C17H11N5O2S/c1-8-12-13-9(15(23)21(2)16(13)24)7-18-14(12)22(20-8)17-19-10-5-3-4-6-11(10)25-17/h3-7H,1-2H3. The van der Waals surface area contributed by atoms with E-state index in [0.29, 0.717) is 33.0 Å². The first-order valence-electron chi connectivity index (χ1n) is 7.63. The Morgan fingerprint density at radius 3 is 2.72 bits per heavy atom. The number of para-hydroxylation sites is 1. The Hall–Kier alpha value is -3.13. The quantitative estimate of drug-likeness (QED) is 0.493. The highest BCUT2D eigenvalue weighted by atomic mass is 32.1. The van der Waals surface area contributed by atoms with Crippen molar-refractivity contribution in [3.8, 4) is 5.13 Å². The van der Waals surface area contributed by atoms with Crippen molar-refractivity contribution in [2.24, 2.45) is 0 Å². The predicted molar refractivity (Wildman–Crippen MR) is 93.2 cm³/mol. The maximum Gasteiger partial charge on any atom is 0.262 e. The third-order valence-electron chi connectivity index (χ3n) is 4.39. The van der Waals surface area contributed by atoms with Crippen molar-refractivity contribution in [3.63, 3.8) is 0 Å². The molecule has 0 unspecified atom stereocenters. The lowest BCUT2D eigenvalue weighted by atomic mass is 10.1. The number of aryl methyl sites for hydroxylation is 1. The van der Waals surface area contributed by atoms with Gasteiger partial charge in [0.15, 0.2) is 5.65 Å². The Balaban J connectivity index is 1.82. The van der Waals surface area contributed by atoms with Gasteiger partial charge in [-0.05, 0) is 19.1 Å². The number of hydrogen-bond donors (Lipinski definition) is 0. The summed E-state index contributed by atoms with van der Waals surface area (Å²) in [5.74, 6) is -0.652. The summed E-state index contributed by atoms with van der Waals surface area (Å²) < 4.78 is 2.69. The first kappa shape index (κ1) is 14.2. The molecule has 1 aliphatic rings. The molecular weight excluding hydrogens is 338 g/mol. The molecule has 5 rings (SSSR count). The van der Waals surface area contributed by atoms with E-state index in [1.54, 1.807) is 4.68 Å². The second-order valence-corrected chi connectivity index (χ2v) is 6.89. The van der Waals surface area contributed by atoms with E-state index in [2.05, 4.69) is 15.1 Å². The second-order valence-electron chi connectivity index (χ2n) is 5.88. The summed E-state index contributed by atoms with van der Waals surface area (Å²) in [6, 6.07) is 7.83. The minimum atomic E-state index is -0.332. The number of aromatic nitrogens is 4. The van der Waals surface area contributed by atoms with Crippen LogP contribution in [0.3, 0.4) is 0 Å². The van der Waals surface area contributed by atoms with Crippen molar-refractivity contribution in [3.05, 3.63) is 47.3 Å². The van der Waals surface area contributed by atoms with Gasteiger partial charge in [0.05, 0.1) is 32.4 Å². The molecule has 25 heavy (non-hydrogen) atoms. The summed E-state index contributed by atoms with van der Waals surface area (Å²) in [6.45, 7) is 1.81. The van der Waals surface area contributed by atoms with Crippen molar-refractivity contribution in [2.75, 3.05) is 7.05 Å². The summed E-state index contributed by atoms with van der Waals surface area (Å²) >= 11 is 1.50. The van der Waals surface area contributed by atoms with Gasteiger partial charge in [0.25, 0.3) is 11.8 Å². The Morgan fingerprint density at radius 1 is 1.12 bits per heavy atom. The fourth-order valence-corrected chi connectivity index (χ4v) is 4.08. The molecule has 1 aromatic carbocycles. The summed E-state index contributed by atoms with van der Waals surface area (Å²) in [5, 5.41) is 5.83. The molecule has 0 bridgehead atoms. The molecule has 0 saturated carbocycles. The summed E-state index contributed by atoms with van der Waals surface area (Å²) in [5.41, 5.74) is 2.77. The number of rotatable bonds is 1. The number of imide groups is 1. The van der Waals surface area contributed by atoms with E-state index in [0.717, 1.165) is 15.1 Å². The average Bonchev–Trinajstić information content (AvgIpc) is 3.25. The molecule has 7 nitrogen and oxygen atoms in total. The van der Waals surface area contributed by atoms with E-state index in [1.165, 1.54) is 24.6 Å². The molecule has 122 valence electrons. The molecule has 0 spiro atoms. The zero-order valence-electron chi connectivity index (χ0n) is 13.3. The molecule has 3 aromatic heterocycles. The summed E-state index contributed by atoms with van der Waals surface area (Å²) in [6.07, 6.45) is 1.45. The summed E-state index contributed by atoms with van der Waals surface area (Å²) in [4.78, 5) is 34.8. The molecule has 0 radical (unpaired) electrons. The van der Waals surface area contributed by atoms with E-state index in [1.807, 2.05) is 31.2 Å². The fourth-order valence-electron chi connectivity index (χ4n) is 3.16. The van der Waals surface area contributed by atoms with Crippen LogP contribution in [-0.4, -0.2) is 43.5 Å². The van der Waals surface area contributed by atoms with E-state index in [9.17, 15) is 9.59 Å². The first-order chi connectivity index (χ1) is 12.1. The lowest BCUT2D eigenvalue weighted by Gasteiger charge is -2.02. The third-order valence-corrected chi connectivity index (χ3v) is 5.40. The van der Waals surface area contributed by atoms with Gasteiger partial charge in [0, 0.05) is 13.2 Å². The van der Waals surface area contributed by atoms with Gasteiger partial charge in [-0.15, -0.1) is 0 Å². The molecule has 4 aromatic rings. The van der Waals surface area contributed by atoms with Gasteiger partial charge in [-0.25, -0.2) is 9.97 Å². The van der Waals surface area contributed by atoms with E-state index in [-0.39, 0.29) is 11.8 Å². The number of hydrogen-bond acceptors (Lipinski definition) is 6. The maximum atomic E-state index is 12.5. The number of carbonyl (C=O) groups excluding carboxylic acids is 2. The van der Waals surface area contributed by atoms with Crippen molar-refractivity contribution < 1.29 is 9.59 Å². The Kier molecular flexibility index (Phi) is 2.68. The van der Waals surface area contributed by atoms with Crippen molar-refractivity contribution in [1.29, 1.82) is 0 Å². The SMILES string of the molecule is Cc1nn(-c2nc3ccccc3s2)c2ncc3c(c12)C(=O)N(C)C3=O. The van der Waals surface area contributed by atoms with Crippen LogP contribution >= 0.6 is 11.3 Å². The topological polar surface area (TPSA) is 81.0 Å². The molecule has 2 amide bonds. The molecule has 0 saturated heterocycles. The maximum absolute atomic E-state index is 12.5. The van der Waals surface area contributed by atoms with Crippen LogP contribution in [0, 0.1) is 6.92 Å². The molecule has 0 N–H and O–H groups in total.